The lowest BCUT2D eigenvalue weighted by Crippen LogP contribution is -2.12. The van der Waals surface area contributed by atoms with Crippen molar-refractivity contribution >= 4 is 11.3 Å². The molecule has 0 unspecified atom stereocenters. The Balaban J connectivity index is 1.95. The van der Waals surface area contributed by atoms with Crippen LogP contribution in [0.15, 0.2) is 24.0 Å². The molecule has 0 bridgehead atoms. The topological polar surface area (TPSA) is 42.7 Å². The zero-order valence-corrected chi connectivity index (χ0v) is 9.50. The molecule has 0 radical (unpaired) electrons. The van der Waals surface area contributed by atoms with E-state index in [1.54, 1.807) is 11.3 Å². The molecule has 1 N–H and O–H groups in total. The minimum atomic E-state index is 0.816. The highest BCUT2D eigenvalue weighted by Gasteiger charge is 2.00. The van der Waals surface area contributed by atoms with Gasteiger partial charge in [-0.2, -0.15) is 5.10 Å². The summed E-state index contributed by atoms with van der Waals surface area (Å²) in [5.74, 6) is 0. The van der Waals surface area contributed by atoms with Crippen molar-refractivity contribution in [2.45, 2.75) is 20.0 Å². The van der Waals surface area contributed by atoms with E-state index in [2.05, 4.69) is 22.3 Å². The molecule has 2 rings (SSSR count). The van der Waals surface area contributed by atoms with Gasteiger partial charge in [-0.1, -0.05) is 6.92 Å². The van der Waals surface area contributed by atoms with E-state index in [-0.39, 0.29) is 0 Å². The van der Waals surface area contributed by atoms with Crippen molar-refractivity contribution in [3.8, 4) is 0 Å². The molecule has 0 amide bonds. The van der Waals surface area contributed by atoms with Crippen LogP contribution in [0, 0.1) is 0 Å². The van der Waals surface area contributed by atoms with Crippen LogP contribution in [0.4, 0.5) is 0 Å². The van der Waals surface area contributed by atoms with Crippen molar-refractivity contribution in [3.05, 3.63) is 34.5 Å². The molecule has 80 valence electrons. The van der Waals surface area contributed by atoms with Crippen molar-refractivity contribution < 1.29 is 0 Å². The third-order valence-corrected chi connectivity index (χ3v) is 2.82. The smallest absolute Gasteiger partial charge is 0.0794 e. The van der Waals surface area contributed by atoms with Gasteiger partial charge in [-0.15, -0.1) is 11.3 Å². The van der Waals surface area contributed by atoms with Gasteiger partial charge in [0, 0.05) is 23.8 Å². The first-order valence-corrected chi connectivity index (χ1v) is 5.87. The summed E-state index contributed by atoms with van der Waals surface area (Å²) < 4.78 is 1.94. The number of rotatable bonds is 5. The maximum absolute atomic E-state index is 4.46. The van der Waals surface area contributed by atoms with E-state index in [4.69, 9.17) is 0 Å². The van der Waals surface area contributed by atoms with Crippen LogP contribution in [0.1, 0.15) is 17.5 Å². The fourth-order valence-corrected chi connectivity index (χ4v) is 1.90. The van der Waals surface area contributed by atoms with Gasteiger partial charge in [-0.25, -0.2) is 0 Å². The number of nitrogens with one attached hydrogen (secondary N) is 1. The molecule has 0 aliphatic rings. The second-order valence-electron chi connectivity index (χ2n) is 3.25. The number of hydrogen-bond acceptors (Lipinski definition) is 4. The predicted octanol–water partition coefficient (Wildman–Crippen LogP) is 1.50. The van der Waals surface area contributed by atoms with E-state index in [0.717, 1.165) is 25.3 Å². The van der Waals surface area contributed by atoms with E-state index in [0.29, 0.717) is 0 Å². The van der Waals surface area contributed by atoms with Gasteiger partial charge >= 0.3 is 0 Å². The zero-order valence-electron chi connectivity index (χ0n) is 8.68. The molecule has 0 fully saturated rings. The minimum Gasteiger partial charge on any atom is -0.311 e. The first-order chi connectivity index (χ1) is 7.38. The second kappa shape index (κ2) is 5.04. The van der Waals surface area contributed by atoms with Crippen LogP contribution in [0.25, 0.3) is 0 Å². The van der Waals surface area contributed by atoms with Crippen molar-refractivity contribution in [1.29, 1.82) is 0 Å². The average Bonchev–Trinajstić information content (AvgIpc) is 2.87. The lowest BCUT2D eigenvalue weighted by molar-refractivity contribution is 0.648. The summed E-state index contributed by atoms with van der Waals surface area (Å²) in [5, 5.41) is 7.71. The van der Waals surface area contributed by atoms with Gasteiger partial charge < -0.3 is 5.32 Å². The molecular weight excluding hydrogens is 208 g/mol. The highest BCUT2D eigenvalue weighted by Crippen LogP contribution is 2.07. The molecule has 2 aromatic rings. The first kappa shape index (κ1) is 10.3. The molecule has 0 saturated heterocycles. The Morgan fingerprint density at radius 2 is 2.47 bits per heavy atom. The monoisotopic (exact) mass is 222 g/mol. The normalized spacial score (nSPS) is 10.7. The lowest BCUT2D eigenvalue weighted by atomic mass is 10.4. The van der Waals surface area contributed by atoms with E-state index >= 15 is 0 Å². The second-order valence-corrected chi connectivity index (χ2v) is 4.22. The molecule has 5 heteroatoms. The van der Waals surface area contributed by atoms with Gasteiger partial charge in [0.05, 0.1) is 17.7 Å². The maximum atomic E-state index is 4.46. The zero-order chi connectivity index (χ0) is 10.5. The summed E-state index contributed by atoms with van der Waals surface area (Å²) in [7, 11) is 0. The molecule has 0 aromatic carbocycles. The number of thiazole rings is 1. The Hall–Kier alpha value is -1.20. The van der Waals surface area contributed by atoms with Crippen LogP contribution in [-0.4, -0.2) is 21.3 Å². The van der Waals surface area contributed by atoms with Crippen molar-refractivity contribution in [2.75, 3.05) is 6.54 Å². The highest BCUT2D eigenvalue weighted by atomic mass is 32.1. The van der Waals surface area contributed by atoms with Crippen LogP contribution in [0.3, 0.4) is 0 Å². The van der Waals surface area contributed by atoms with Crippen molar-refractivity contribution in [1.82, 2.24) is 20.1 Å². The van der Waals surface area contributed by atoms with Gasteiger partial charge in [0.2, 0.25) is 0 Å². The summed E-state index contributed by atoms with van der Waals surface area (Å²) in [6.07, 6.45) is 3.89. The van der Waals surface area contributed by atoms with E-state index in [1.807, 2.05) is 28.7 Å². The number of nitrogens with zero attached hydrogens (tertiary/aromatic N) is 3. The first-order valence-electron chi connectivity index (χ1n) is 4.99. The molecule has 2 aromatic heterocycles. The summed E-state index contributed by atoms with van der Waals surface area (Å²) >= 11 is 1.66. The average molecular weight is 222 g/mol. The molecular formula is C10H14N4S. The van der Waals surface area contributed by atoms with Crippen molar-refractivity contribution in [2.24, 2.45) is 0 Å². The number of aromatic nitrogens is 3. The van der Waals surface area contributed by atoms with Crippen LogP contribution in [0.2, 0.25) is 0 Å². The molecule has 2 heterocycles. The molecule has 0 spiro atoms. The molecule has 0 aliphatic heterocycles. The van der Waals surface area contributed by atoms with Gasteiger partial charge in [0.1, 0.15) is 0 Å². The SMILES string of the molecule is CCNCc1ccn(Cc2cncs2)n1. The highest BCUT2D eigenvalue weighted by molar-refractivity contribution is 7.09. The fourth-order valence-electron chi connectivity index (χ4n) is 1.32. The molecule has 0 saturated carbocycles. The Morgan fingerprint density at radius 3 is 3.20 bits per heavy atom. The van der Waals surface area contributed by atoms with Gasteiger partial charge in [-0.3, -0.25) is 9.67 Å². The van der Waals surface area contributed by atoms with E-state index in [1.165, 1.54) is 4.88 Å². The summed E-state index contributed by atoms with van der Waals surface area (Å²) in [4.78, 5) is 5.27. The Kier molecular flexibility index (Phi) is 3.47. The Labute approximate surface area is 93.0 Å². The van der Waals surface area contributed by atoms with Crippen LogP contribution >= 0.6 is 11.3 Å². The quantitative estimate of drug-likeness (QED) is 0.833. The van der Waals surface area contributed by atoms with Crippen LogP contribution < -0.4 is 5.32 Å². The van der Waals surface area contributed by atoms with Gasteiger partial charge in [0.15, 0.2) is 0 Å². The third-order valence-electron chi connectivity index (χ3n) is 2.05. The lowest BCUT2D eigenvalue weighted by Gasteiger charge is -1.98. The maximum Gasteiger partial charge on any atom is 0.0794 e. The number of hydrogen-bond donors (Lipinski definition) is 1. The van der Waals surface area contributed by atoms with E-state index in [9.17, 15) is 0 Å². The molecule has 15 heavy (non-hydrogen) atoms. The largest absolute Gasteiger partial charge is 0.311 e. The standard InChI is InChI=1S/C10H14N4S/c1-2-11-5-9-3-4-14(13-9)7-10-6-12-8-15-10/h3-4,6,8,11H,2,5,7H2,1H3. The minimum absolute atomic E-state index is 0.816. The fraction of sp³-hybridized carbons (Fsp3) is 0.400. The Bertz CT molecular complexity index is 393. The van der Waals surface area contributed by atoms with Crippen LogP contribution in [0.5, 0.6) is 0 Å². The summed E-state index contributed by atoms with van der Waals surface area (Å²) in [6.45, 7) is 4.72. The third kappa shape index (κ3) is 2.87. The van der Waals surface area contributed by atoms with E-state index < -0.39 is 0 Å². The summed E-state index contributed by atoms with van der Waals surface area (Å²) in [5.41, 5.74) is 2.93. The van der Waals surface area contributed by atoms with Crippen molar-refractivity contribution in [3.63, 3.8) is 0 Å². The van der Waals surface area contributed by atoms with Crippen LogP contribution in [-0.2, 0) is 13.1 Å². The predicted molar refractivity (Wildman–Crippen MR) is 60.8 cm³/mol. The molecule has 4 nitrogen and oxygen atoms in total. The van der Waals surface area contributed by atoms with Gasteiger partial charge in [0.25, 0.3) is 0 Å². The molecule has 0 atom stereocenters. The summed E-state index contributed by atoms with van der Waals surface area (Å²) in [6, 6.07) is 2.05. The van der Waals surface area contributed by atoms with Gasteiger partial charge in [-0.05, 0) is 12.6 Å². The molecule has 0 aliphatic carbocycles. The Morgan fingerprint density at radius 1 is 1.53 bits per heavy atom.